The summed E-state index contributed by atoms with van der Waals surface area (Å²) in [6.07, 6.45) is 1.03. The van der Waals surface area contributed by atoms with Gasteiger partial charge in [0.05, 0.1) is 58.6 Å². The van der Waals surface area contributed by atoms with E-state index in [0.717, 1.165) is 0 Å². The van der Waals surface area contributed by atoms with Crippen molar-refractivity contribution in [3.8, 4) is 0 Å². The maximum absolute atomic E-state index is 11.6. The summed E-state index contributed by atoms with van der Waals surface area (Å²) in [5.74, 6) is 0.297. The number of aliphatic hydroxyl groups excluding tert-OH is 3. The van der Waals surface area contributed by atoms with Gasteiger partial charge in [-0.25, -0.2) is 19.9 Å². The van der Waals surface area contributed by atoms with Crippen molar-refractivity contribution in [2.45, 2.75) is 37.6 Å². The number of nitrogens with zero attached hydrogens (tertiary/aromatic N) is 14. The van der Waals surface area contributed by atoms with Crippen LogP contribution in [0.2, 0.25) is 0 Å². The van der Waals surface area contributed by atoms with Crippen molar-refractivity contribution in [1.29, 1.82) is 0 Å². The van der Waals surface area contributed by atoms with Gasteiger partial charge in [0.15, 0.2) is 71.6 Å². The molecule has 6 aromatic rings. The van der Waals surface area contributed by atoms with Crippen LogP contribution in [0.4, 0.5) is 29.5 Å². The zero-order valence-electron chi connectivity index (χ0n) is 28.7. The first kappa shape index (κ1) is 37.9. The largest absolute Gasteiger partial charge is 0.391 e. The fourth-order valence-electron chi connectivity index (χ4n) is 5.62. The molecular formula is C27H33N19O10. The lowest BCUT2D eigenvalue weighted by atomic mass is 10.5. The van der Waals surface area contributed by atoms with E-state index < -0.39 is 43.1 Å². The Morgan fingerprint density at radius 3 is 1.62 bits per heavy atom. The molecule has 29 heteroatoms. The minimum absolute atomic E-state index is 0.00636. The molecule has 9 heterocycles. The lowest BCUT2D eigenvalue weighted by Gasteiger charge is -2.11. The quantitative estimate of drug-likeness (QED) is 0.0476. The van der Waals surface area contributed by atoms with E-state index in [1.165, 1.54) is 19.0 Å². The molecule has 12 N–H and O–H groups in total. The fourth-order valence-corrected chi connectivity index (χ4v) is 5.62. The van der Waals surface area contributed by atoms with Gasteiger partial charge < -0.3 is 66.7 Å². The summed E-state index contributed by atoms with van der Waals surface area (Å²) < 4.78 is 36.7. The number of hydrogen-bond acceptors (Lipinski definition) is 23. The van der Waals surface area contributed by atoms with E-state index in [-0.39, 0.29) is 68.0 Å². The van der Waals surface area contributed by atoms with Crippen molar-refractivity contribution in [3.63, 3.8) is 0 Å². The molecule has 6 aromatic heterocycles. The molecule has 0 spiro atoms. The molecule has 6 atom stereocenters. The molecule has 0 saturated carbocycles. The van der Waals surface area contributed by atoms with Crippen LogP contribution in [0, 0.1) is 0 Å². The predicted molar refractivity (Wildman–Crippen MR) is 186 cm³/mol. The third kappa shape index (κ3) is 7.60. The van der Waals surface area contributed by atoms with Gasteiger partial charge in [0.25, 0.3) is 5.56 Å². The third-order valence-electron chi connectivity index (χ3n) is 8.05. The number of aliphatic hydroxyl groups is 3. The summed E-state index contributed by atoms with van der Waals surface area (Å²) in [6.45, 7) is 0.0783. The molecule has 56 heavy (non-hydrogen) atoms. The molecule has 0 radical (unpaired) electrons. The van der Waals surface area contributed by atoms with Crippen LogP contribution in [0.1, 0.15) is 18.7 Å². The molecule has 0 bridgehead atoms. The first-order valence-electron chi connectivity index (χ1n) is 16.3. The summed E-state index contributed by atoms with van der Waals surface area (Å²) in [6, 6.07) is 0. The van der Waals surface area contributed by atoms with Gasteiger partial charge in [0.2, 0.25) is 17.8 Å². The average molecular weight is 784 g/mol. The Morgan fingerprint density at radius 1 is 0.696 bits per heavy atom. The number of hydrogen-bond donors (Lipinski definition) is 8. The molecule has 6 unspecified atom stereocenters. The Hall–Kier alpha value is -6.40. The number of nitrogens with one attached hydrogen (secondary N) is 1. The number of nitrogens with two attached hydrogens (primary N) is 4. The first-order chi connectivity index (χ1) is 27.1. The minimum Gasteiger partial charge on any atom is -0.391 e. The normalized spacial score (nSPS) is 23.2. The third-order valence-corrected chi connectivity index (χ3v) is 8.05. The Morgan fingerprint density at radius 2 is 1.14 bits per heavy atom. The molecule has 0 amide bonds. The highest BCUT2D eigenvalue weighted by Gasteiger charge is 2.31. The maximum Gasteiger partial charge on any atom is 0.280 e. The summed E-state index contributed by atoms with van der Waals surface area (Å²) in [5, 5.41) is 30.3. The van der Waals surface area contributed by atoms with Crippen LogP contribution < -0.4 is 28.5 Å². The van der Waals surface area contributed by atoms with Gasteiger partial charge in [-0.1, -0.05) is 0 Å². The molecule has 3 aliphatic heterocycles. The van der Waals surface area contributed by atoms with Crippen molar-refractivity contribution in [2.24, 2.45) is 5.11 Å². The molecule has 0 aromatic carbocycles. The van der Waals surface area contributed by atoms with Crippen LogP contribution in [0.25, 0.3) is 43.9 Å². The van der Waals surface area contributed by atoms with E-state index in [9.17, 15) is 4.79 Å². The lowest BCUT2D eigenvalue weighted by molar-refractivity contribution is -0.0981. The van der Waals surface area contributed by atoms with Gasteiger partial charge in [-0.05, 0) is 10.6 Å². The van der Waals surface area contributed by atoms with Crippen molar-refractivity contribution in [1.82, 2.24) is 58.6 Å². The number of H-pyrrole nitrogens is 1. The first-order valence-corrected chi connectivity index (χ1v) is 16.3. The monoisotopic (exact) mass is 783 g/mol. The molecule has 9 rings (SSSR count). The molecule has 3 fully saturated rings. The number of nitrogen functional groups attached to an aromatic ring is 4. The summed E-state index contributed by atoms with van der Waals surface area (Å²) in [5.41, 5.74) is 32.5. The van der Waals surface area contributed by atoms with Gasteiger partial charge in [-0.15, -0.1) is 0 Å². The van der Waals surface area contributed by atoms with E-state index in [4.69, 9.17) is 72.2 Å². The van der Waals surface area contributed by atoms with E-state index in [1.54, 1.807) is 13.7 Å². The summed E-state index contributed by atoms with van der Waals surface area (Å²) in [4.78, 5) is 48.6. The second-order valence-electron chi connectivity index (χ2n) is 11.6. The highest BCUT2D eigenvalue weighted by molar-refractivity contribution is 5.83. The number of aromatic nitrogens is 12. The Balaban J connectivity index is 0.000000129. The Bertz CT molecular complexity index is 2450. The van der Waals surface area contributed by atoms with Crippen LogP contribution in [-0.2, 0) is 28.4 Å². The van der Waals surface area contributed by atoms with Crippen LogP contribution in [0.3, 0.4) is 0 Å². The zero-order valence-corrected chi connectivity index (χ0v) is 28.7. The van der Waals surface area contributed by atoms with Gasteiger partial charge in [-0.3, -0.25) is 23.5 Å². The van der Waals surface area contributed by atoms with Crippen molar-refractivity contribution in [3.05, 3.63) is 39.8 Å². The summed E-state index contributed by atoms with van der Waals surface area (Å²) >= 11 is 0. The van der Waals surface area contributed by atoms with Gasteiger partial charge in [0.1, 0.15) is 11.0 Å². The number of fused-ring (bicyclic) bond motifs is 3. The second-order valence-corrected chi connectivity index (χ2v) is 11.6. The number of anilines is 4. The molecular weight excluding hydrogens is 750 g/mol. The van der Waals surface area contributed by atoms with Gasteiger partial charge >= 0.3 is 0 Å². The number of ether oxygens (including phenoxy) is 6. The predicted octanol–water partition coefficient (Wildman–Crippen LogP) is -2.37. The summed E-state index contributed by atoms with van der Waals surface area (Å²) in [7, 11) is 0. The molecule has 3 aliphatic rings. The van der Waals surface area contributed by atoms with E-state index in [1.807, 2.05) is 0 Å². The average Bonchev–Trinajstić information content (AvgIpc) is 4.03. The van der Waals surface area contributed by atoms with E-state index in [2.05, 4.69) is 54.9 Å². The lowest BCUT2D eigenvalue weighted by Crippen LogP contribution is -2.16. The number of azide groups is 1. The minimum atomic E-state index is -0.687. The second kappa shape index (κ2) is 16.1. The highest BCUT2D eigenvalue weighted by atomic mass is 16.7. The number of rotatable bonds is 7. The number of imidazole rings is 3. The standard InChI is InChI=1S/C9H10N8O3.C9H12N6O3.C9H11N5O4/c10-9-13-7(15-16-11)6-8(14-9)17(3-12-6)4-2-19-5(1-18)20-4;10-7-6-8(14-9(11)13-7)15(3-12-6)4-2-17-5(1-16)18-4;10-9-12-7-6(8(16)13-9)11-3-14(7)4-2-17-5(1-15)18-4/h3-5,18H,1-2H2,(H2,10,13,14);3-5,16H,1-2H2,(H4,10,11,13,14);3-5,15H,1-2H2,(H3,10,12,13,16). The number of aromatic amines is 1. The topological polar surface area (TPSA) is 420 Å². The molecule has 29 nitrogen and oxygen atoms in total. The molecule has 3 saturated heterocycles. The zero-order chi connectivity index (χ0) is 39.5. The van der Waals surface area contributed by atoms with E-state index >= 15 is 0 Å². The van der Waals surface area contributed by atoms with Crippen molar-refractivity contribution >= 4 is 63.0 Å². The fraction of sp³-hybridized carbons (Fsp3) is 0.444. The van der Waals surface area contributed by atoms with Crippen LogP contribution in [0.15, 0.2) is 28.9 Å². The van der Waals surface area contributed by atoms with E-state index in [0.29, 0.717) is 34.6 Å². The molecule has 0 aliphatic carbocycles. The highest BCUT2D eigenvalue weighted by Crippen LogP contribution is 2.29. The van der Waals surface area contributed by atoms with Crippen molar-refractivity contribution in [2.75, 3.05) is 62.6 Å². The smallest absolute Gasteiger partial charge is 0.280 e. The van der Waals surface area contributed by atoms with Crippen molar-refractivity contribution < 1.29 is 43.7 Å². The van der Waals surface area contributed by atoms with Crippen LogP contribution in [-0.4, -0.2) is 132 Å². The van der Waals surface area contributed by atoms with Crippen LogP contribution in [0.5, 0.6) is 0 Å². The SMILES string of the molecule is Nc1nc(N)c2ncn(C3COC(CO)O3)c2n1.Nc1nc2c(ncn2C2COC(CO)O2)c(=O)[nH]1.[N-]=[N+]=Nc1nc(N)nc2c1ncn2C1COC(CO)O1. The Labute approximate surface area is 310 Å². The Kier molecular flexibility index (Phi) is 10.9. The maximum atomic E-state index is 11.6. The molecule has 296 valence electrons. The van der Waals surface area contributed by atoms with Gasteiger partial charge in [0, 0.05) is 4.91 Å². The van der Waals surface area contributed by atoms with Crippen LogP contribution >= 0.6 is 0 Å². The van der Waals surface area contributed by atoms with Gasteiger partial charge in [-0.2, -0.15) is 19.9 Å².